The predicted octanol–water partition coefficient (Wildman–Crippen LogP) is 2.70. The summed E-state index contributed by atoms with van der Waals surface area (Å²) >= 11 is 1.65. The zero-order valence-corrected chi connectivity index (χ0v) is 12.2. The van der Waals surface area contributed by atoms with Gasteiger partial charge < -0.3 is 14.6 Å². The summed E-state index contributed by atoms with van der Waals surface area (Å²) in [4.78, 5) is 14.2. The van der Waals surface area contributed by atoms with Gasteiger partial charge >= 0.3 is 0 Å². The molecular weight excluding hydrogens is 292 g/mol. The first-order valence-corrected chi connectivity index (χ1v) is 6.91. The van der Waals surface area contributed by atoms with Crippen molar-refractivity contribution >= 4 is 23.1 Å². The lowest BCUT2D eigenvalue weighted by Crippen LogP contribution is -2.11. The molecule has 3 rings (SSSR count). The van der Waals surface area contributed by atoms with E-state index in [0.29, 0.717) is 5.82 Å². The van der Waals surface area contributed by atoms with Crippen molar-refractivity contribution in [3.63, 3.8) is 0 Å². The van der Waals surface area contributed by atoms with Gasteiger partial charge in [-0.2, -0.15) is 5.10 Å². The van der Waals surface area contributed by atoms with E-state index in [0.717, 1.165) is 10.6 Å². The van der Waals surface area contributed by atoms with Crippen molar-refractivity contribution in [2.24, 2.45) is 0 Å². The van der Waals surface area contributed by atoms with Crippen molar-refractivity contribution in [2.75, 3.05) is 12.4 Å². The first-order chi connectivity index (χ1) is 10.2. The van der Waals surface area contributed by atoms with Gasteiger partial charge in [0.1, 0.15) is 0 Å². The third kappa shape index (κ3) is 2.79. The zero-order chi connectivity index (χ0) is 14.8. The molecule has 0 aromatic carbocycles. The van der Waals surface area contributed by atoms with Crippen LogP contribution >= 0.6 is 11.3 Å². The summed E-state index contributed by atoms with van der Waals surface area (Å²) in [6.07, 6.45) is 0. The van der Waals surface area contributed by atoms with Crippen LogP contribution in [0.2, 0.25) is 0 Å². The first-order valence-electron chi connectivity index (χ1n) is 6.10. The van der Waals surface area contributed by atoms with E-state index in [1.165, 1.54) is 18.1 Å². The average molecular weight is 304 g/mol. The molecule has 0 aliphatic rings. The fourth-order valence-electron chi connectivity index (χ4n) is 1.73. The van der Waals surface area contributed by atoms with Gasteiger partial charge in [0.25, 0.3) is 11.8 Å². The van der Waals surface area contributed by atoms with Gasteiger partial charge in [0.05, 0.1) is 23.7 Å². The van der Waals surface area contributed by atoms with Gasteiger partial charge in [0.15, 0.2) is 5.82 Å². The number of H-pyrrole nitrogens is 1. The SMILES string of the molecule is COc1cc(C(=O)Nc2cc(-c3ccc(C)s3)[nH]n2)on1. The minimum absolute atomic E-state index is 0.0587. The molecule has 0 fully saturated rings. The highest BCUT2D eigenvalue weighted by Crippen LogP contribution is 2.27. The summed E-state index contributed by atoms with van der Waals surface area (Å²) in [5.41, 5.74) is 0.846. The number of aromatic amines is 1. The summed E-state index contributed by atoms with van der Waals surface area (Å²) in [6.45, 7) is 2.03. The van der Waals surface area contributed by atoms with Crippen LogP contribution < -0.4 is 10.1 Å². The Bertz CT molecular complexity index is 774. The Kier molecular flexibility index (Phi) is 3.44. The molecule has 3 heterocycles. The second-order valence-electron chi connectivity index (χ2n) is 4.26. The minimum atomic E-state index is -0.439. The number of hydrogen-bond donors (Lipinski definition) is 2. The van der Waals surface area contributed by atoms with Crippen LogP contribution in [0.4, 0.5) is 5.82 Å². The lowest BCUT2D eigenvalue weighted by atomic mass is 10.3. The first kappa shape index (κ1) is 13.4. The van der Waals surface area contributed by atoms with Crippen molar-refractivity contribution in [1.29, 1.82) is 0 Å². The Balaban J connectivity index is 1.73. The molecule has 0 spiro atoms. The number of carbonyl (C=O) groups excluding carboxylic acids is 1. The Morgan fingerprint density at radius 3 is 2.95 bits per heavy atom. The van der Waals surface area contributed by atoms with Crippen LogP contribution in [-0.2, 0) is 0 Å². The van der Waals surface area contributed by atoms with Gasteiger partial charge in [-0.3, -0.25) is 9.89 Å². The smallest absolute Gasteiger partial charge is 0.295 e. The van der Waals surface area contributed by atoms with E-state index in [-0.39, 0.29) is 11.6 Å². The molecule has 21 heavy (non-hydrogen) atoms. The van der Waals surface area contributed by atoms with Crippen LogP contribution in [0.25, 0.3) is 10.6 Å². The van der Waals surface area contributed by atoms with Crippen LogP contribution in [0.5, 0.6) is 5.88 Å². The lowest BCUT2D eigenvalue weighted by molar-refractivity contribution is 0.0987. The molecule has 0 saturated carbocycles. The maximum Gasteiger partial charge on any atom is 0.295 e. The second-order valence-corrected chi connectivity index (χ2v) is 5.55. The van der Waals surface area contributed by atoms with Crippen LogP contribution in [-0.4, -0.2) is 28.4 Å². The summed E-state index contributed by atoms with van der Waals surface area (Å²) < 4.78 is 9.72. The number of aromatic nitrogens is 3. The van der Waals surface area contributed by atoms with Gasteiger partial charge in [-0.25, -0.2) is 0 Å². The van der Waals surface area contributed by atoms with Crippen molar-refractivity contribution in [3.05, 3.63) is 34.9 Å². The molecule has 7 nitrogen and oxygen atoms in total. The van der Waals surface area contributed by atoms with E-state index in [1.54, 1.807) is 17.4 Å². The third-order valence-corrected chi connectivity index (χ3v) is 3.78. The molecular formula is C13H12N4O3S. The van der Waals surface area contributed by atoms with E-state index in [9.17, 15) is 4.79 Å². The molecule has 0 aliphatic carbocycles. The molecule has 3 aromatic heterocycles. The molecule has 0 atom stereocenters. The Morgan fingerprint density at radius 2 is 2.29 bits per heavy atom. The molecule has 0 bridgehead atoms. The topological polar surface area (TPSA) is 93.0 Å². The molecule has 0 unspecified atom stereocenters. The number of hydrogen-bond acceptors (Lipinski definition) is 6. The summed E-state index contributed by atoms with van der Waals surface area (Å²) in [5.74, 6) is 0.280. The molecule has 0 aliphatic heterocycles. The van der Waals surface area contributed by atoms with Gasteiger partial charge in [-0.05, 0) is 24.2 Å². The molecule has 0 radical (unpaired) electrons. The number of methoxy groups -OCH3 is 1. The number of amides is 1. The molecule has 8 heteroatoms. The number of rotatable bonds is 4. The predicted molar refractivity (Wildman–Crippen MR) is 77.6 cm³/mol. The number of anilines is 1. The number of thiophene rings is 1. The summed E-state index contributed by atoms with van der Waals surface area (Å²) in [6, 6.07) is 7.20. The maximum absolute atomic E-state index is 11.9. The van der Waals surface area contributed by atoms with Crippen molar-refractivity contribution < 1.29 is 14.1 Å². The number of carbonyl (C=O) groups is 1. The van der Waals surface area contributed by atoms with Crippen molar-refractivity contribution in [3.8, 4) is 16.5 Å². The monoisotopic (exact) mass is 304 g/mol. The summed E-state index contributed by atoms with van der Waals surface area (Å²) in [7, 11) is 1.45. The Morgan fingerprint density at radius 1 is 1.43 bits per heavy atom. The Labute approximate surface area is 123 Å². The van der Waals surface area contributed by atoms with Crippen molar-refractivity contribution in [1.82, 2.24) is 15.4 Å². The maximum atomic E-state index is 11.9. The lowest BCUT2D eigenvalue weighted by Gasteiger charge is -1.95. The zero-order valence-electron chi connectivity index (χ0n) is 11.3. The van der Waals surface area contributed by atoms with Crippen molar-refractivity contribution in [2.45, 2.75) is 6.92 Å². The normalized spacial score (nSPS) is 10.6. The number of ether oxygens (including phenoxy) is 1. The van der Waals surface area contributed by atoms with Gasteiger partial charge in [-0.1, -0.05) is 0 Å². The van der Waals surface area contributed by atoms with Gasteiger partial charge in [-0.15, -0.1) is 11.3 Å². The highest BCUT2D eigenvalue weighted by atomic mass is 32.1. The fourth-order valence-corrected chi connectivity index (χ4v) is 2.56. The quantitative estimate of drug-likeness (QED) is 0.773. The van der Waals surface area contributed by atoms with Gasteiger partial charge in [0, 0.05) is 10.9 Å². The van der Waals surface area contributed by atoms with E-state index < -0.39 is 5.91 Å². The summed E-state index contributed by atoms with van der Waals surface area (Å²) in [5, 5.41) is 13.1. The van der Waals surface area contributed by atoms with Crippen LogP contribution in [0, 0.1) is 6.92 Å². The molecule has 3 aromatic rings. The van der Waals surface area contributed by atoms with Gasteiger partial charge in [0.2, 0.25) is 5.76 Å². The average Bonchev–Trinajstić information content (AvgIpc) is 3.17. The van der Waals surface area contributed by atoms with E-state index in [1.807, 2.05) is 19.1 Å². The molecule has 0 saturated heterocycles. The molecule has 2 N–H and O–H groups in total. The fraction of sp³-hybridized carbons (Fsp3) is 0.154. The van der Waals surface area contributed by atoms with E-state index in [4.69, 9.17) is 9.26 Å². The number of nitrogens with one attached hydrogen (secondary N) is 2. The largest absolute Gasteiger partial charge is 0.479 e. The van der Waals surface area contributed by atoms with Crippen LogP contribution in [0.1, 0.15) is 15.4 Å². The highest BCUT2D eigenvalue weighted by molar-refractivity contribution is 7.15. The van der Waals surface area contributed by atoms with E-state index in [2.05, 4.69) is 20.7 Å². The van der Waals surface area contributed by atoms with E-state index >= 15 is 0 Å². The number of nitrogens with zero attached hydrogens (tertiary/aromatic N) is 2. The minimum Gasteiger partial charge on any atom is -0.479 e. The molecule has 1 amide bonds. The number of aryl methyl sites for hydroxylation is 1. The molecule has 108 valence electrons. The third-order valence-electron chi connectivity index (χ3n) is 2.75. The standard InChI is InChI=1S/C13H12N4O3S/c1-7-3-4-10(21-7)8-5-11(16-15-8)14-13(18)9-6-12(19-2)17-20-9/h3-6H,1-2H3,(H2,14,15,16,18). The highest BCUT2D eigenvalue weighted by Gasteiger charge is 2.15. The Hall–Kier alpha value is -2.61. The van der Waals surface area contributed by atoms with Crippen LogP contribution in [0.15, 0.2) is 28.8 Å². The van der Waals surface area contributed by atoms with Crippen LogP contribution in [0.3, 0.4) is 0 Å². The second kappa shape index (κ2) is 5.41.